The normalized spacial score (nSPS) is 11.4. The number of unbranched alkanes of at least 4 members (excludes halogenated alkanes) is 2. The zero-order chi connectivity index (χ0) is 29.9. The lowest BCUT2D eigenvalue weighted by Gasteiger charge is -2.22. The molecule has 0 unspecified atom stereocenters. The maximum atomic E-state index is 13.1. The Kier molecular flexibility index (Phi) is 10.8. The second-order valence-electron chi connectivity index (χ2n) is 10.2. The first-order chi connectivity index (χ1) is 20.4. The zero-order valence-corrected chi connectivity index (χ0v) is 24.9. The van der Waals surface area contributed by atoms with Crippen LogP contribution in [0.5, 0.6) is 0 Å². The molecule has 4 aromatic rings. The van der Waals surface area contributed by atoms with Crippen LogP contribution < -0.4 is 15.5 Å². The van der Waals surface area contributed by atoms with Gasteiger partial charge in [-0.1, -0.05) is 98.6 Å². The first kappa shape index (κ1) is 30.5. The fourth-order valence-electron chi connectivity index (χ4n) is 4.71. The molecule has 7 heteroatoms. The number of thiocarbonyl (C=S) groups is 1. The lowest BCUT2D eigenvalue weighted by Crippen LogP contribution is -2.37. The molecule has 4 aromatic carbocycles. The van der Waals surface area contributed by atoms with E-state index >= 15 is 0 Å². The van der Waals surface area contributed by atoms with Crippen LogP contribution in [0.25, 0.3) is 11.1 Å². The number of nitrogens with one attached hydrogen (secondary N) is 2. The molecule has 0 radical (unpaired) electrons. The molecule has 0 amide bonds. The summed E-state index contributed by atoms with van der Waals surface area (Å²) in [6.07, 6.45) is 3.69. The molecular formula is C35H37N3O3S. The molecule has 3 N–H and O–H groups in total. The second-order valence-corrected chi connectivity index (χ2v) is 10.6. The van der Waals surface area contributed by atoms with Crippen LogP contribution in [0.15, 0.2) is 103 Å². The highest BCUT2D eigenvalue weighted by atomic mass is 32.1. The Morgan fingerprint density at radius 3 is 2.29 bits per heavy atom. The molecule has 0 aromatic heterocycles. The Bertz CT molecular complexity index is 1510. The van der Waals surface area contributed by atoms with E-state index in [0.717, 1.165) is 35.3 Å². The summed E-state index contributed by atoms with van der Waals surface area (Å²) in [7, 11) is 1.96. The van der Waals surface area contributed by atoms with Crippen molar-refractivity contribution in [1.29, 1.82) is 0 Å². The predicted octanol–water partition coefficient (Wildman–Crippen LogP) is 7.19. The molecule has 0 saturated heterocycles. The van der Waals surface area contributed by atoms with Gasteiger partial charge in [-0.3, -0.25) is 4.79 Å². The predicted molar refractivity (Wildman–Crippen MR) is 175 cm³/mol. The number of aliphatic carboxylic acids is 1. The van der Waals surface area contributed by atoms with Gasteiger partial charge in [-0.25, -0.2) is 4.79 Å². The monoisotopic (exact) mass is 579 g/mol. The summed E-state index contributed by atoms with van der Waals surface area (Å²) < 4.78 is 0. The number of ketones is 1. The molecule has 0 aliphatic rings. The number of benzene rings is 4. The number of carboxylic acids is 1. The summed E-state index contributed by atoms with van der Waals surface area (Å²) >= 11 is 5.58. The minimum absolute atomic E-state index is 0.159. The molecule has 6 nitrogen and oxygen atoms in total. The first-order valence-electron chi connectivity index (χ1n) is 14.3. The van der Waals surface area contributed by atoms with Crippen molar-refractivity contribution in [1.82, 2.24) is 5.32 Å². The van der Waals surface area contributed by atoms with E-state index in [9.17, 15) is 14.7 Å². The number of carbonyl (C=O) groups excluding carboxylic acids is 1. The number of anilines is 2. The third-order valence-electron chi connectivity index (χ3n) is 7.16. The van der Waals surface area contributed by atoms with Crippen LogP contribution in [0.3, 0.4) is 0 Å². The van der Waals surface area contributed by atoms with Gasteiger partial charge >= 0.3 is 5.97 Å². The number of para-hydroxylation sites is 1. The molecule has 4 rings (SSSR count). The van der Waals surface area contributed by atoms with Crippen molar-refractivity contribution in [3.8, 4) is 11.1 Å². The molecule has 216 valence electrons. The lowest BCUT2D eigenvalue weighted by atomic mass is 9.98. The molecule has 0 bridgehead atoms. The van der Waals surface area contributed by atoms with Gasteiger partial charge in [0, 0.05) is 42.5 Å². The van der Waals surface area contributed by atoms with Gasteiger partial charge in [0.05, 0.1) is 0 Å². The molecule has 42 heavy (non-hydrogen) atoms. The van der Waals surface area contributed by atoms with E-state index in [4.69, 9.17) is 12.2 Å². The van der Waals surface area contributed by atoms with Gasteiger partial charge < -0.3 is 20.6 Å². The van der Waals surface area contributed by atoms with Gasteiger partial charge in [0.2, 0.25) is 0 Å². The molecular weight excluding hydrogens is 542 g/mol. The van der Waals surface area contributed by atoms with Crippen molar-refractivity contribution in [2.75, 3.05) is 23.8 Å². The highest BCUT2D eigenvalue weighted by molar-refractivity contribution is 7.80. The highest BCUT2D eigenvalue weighted by Crippen LogP contribution is 2.26. The van der Waals surface area contributed by atoms with Gasteiger partial charge in [0.15, 0.2) is 10.9 Å². The maximum Gasteiger partial charge on any atom is 0.326 e. The van der Waals surface area contributed by atoms with Crippen molar-refractivity contribution in [3.63, 3.8) is 0 Å². The fourth-order valence-corrected chi connectivity index (χ4v) is 4.92. The Labute approximate surface area is 253 Å². The molecule has 0 fully saturated rings. The quantitative estimate of drug-likeness (QED) is 0.0878. The SMILES string of the molecule is CCCCCNC(=S)N(C)c1cccc(-c2ccc(C[C@H](Nc3ccccc3C(=O)c3ccccc3)C(=O)O)cc2)c1. The van der Waals surface area contributed by atoms with E-state index in [2.05, 4.69) is 23.6 Å². The van der Waals surface area contributed by atoms with Crippen molar-refractivity contribution < 1.29 is 14.7 Å². The van der Waals surface area contributed by atoms with E-state index in [0.29, 0.717) is 21.9 Å². The standard InChI is InChI=1S/C35H37N3O3S/c1-3-4-10-22-36-35(42)38(2)29-15-11-14-28(24-29)26-20-18-25(19-21-26)23-32(34(40)41)37-31-17-9-8-16-30(31)33(39)27-12-6-5-7-13-27/h5-9,11-21,24,32,37H,3-4,10,22-23H2,1-2H3,(H,36,42)(H,40,41)/t32-/m0/s1. The fraction of sp³-hybridized carbons (Fsp3) is 0.229. The first-order valence-corrected chi connectivity index (χ1v) is 14.7. The van der Waals surface area contributed by atoms with Crippen LogP contribution in [0.1, 0.15) is 47.7 Å². The van der Waals surface area contributed by atoms with Crippen molar-refractivity contribution in [2.45, 2.75) is 38.6 Å². The summed E-state index contributed by atoms with van der Waals surface area (Å²) in [6, 6.07) is 31.2. The molecule has 0 aliphatic heterocycles. The van der Waals surface area contributed by atoms with Crippen LogP contribution in [0, 0.1) is 0 Å². The molecule has 0 spiro atoms. The van der Waals surface area contributed by atoms with Crippen molar-refractivity contribution in [2.24, 2.45) is 0 Å². The molecule has 0 saturated carbocycles. The van der Waals surface area contributed by atoms with E-state index in [-0.39, 0.29) is 12.2 Å². The smallest absolute Gasteiger partial charge is 0.326 e. The summed E-state index contributed by atoms with van der Waals surface area (Å²) in [5.74, 6) is -1.15. The minimum Gasteiger partial charge on any atom is -0.480 e. The molecule has 0 heterocycles. The summed E-state index contributed by atoms with van der Waals surface area (Å²) in [5.41, 5.74) is 5.41. The molecule has 1 atom stereocenters. The number of hydrogen-bond donors (Lipinski definition) is 3. The number of carboxylic acid groups (broad SMARTS) is 1. The summed E-state index contributed by atoms with van der Waals surface area (Å²) in [6.45, 7) is 3.04. The van der Waals surface area contributed by atoms with Gasteiger partial charge in [0.1, 0.15) is 6.04 Å². The van der Waals surface area contributed by atoms with Gasteiger partial charge in [0.25, 0.3) is 0 Å². The third kappa shape index (κ3) is 8.04. The Morgan fingerprint density at radius 1 is 0.857 bits per heavy atom. The van der Waals surface area contributed by atoms with Crippen molar-refractivity contribution >= 4 is 40.5 Å². The number of nitrogens with zero attached hydrogens (tertiary/aromatic N) is 1. The molecule has 0 aliphatic carbocycles. The van der Waals surface area contributed by atoms with Gasteiger partial charge in [-0.05, 0) is 59.6 Å². The van der Waals surface area contributed by atoms with E-state index in [1.165, 1.54) is 12.8 Å². The van der Waals surface area contributed by atoms with Crippen LogP contribution in [-0.2, 0) is 11.2 Å². The Balaban J connectivity index is 1.45. The van der Waals surface area contributed by atoms with Crippen molar-refractivity contribution in [3.05, 3.63) is 120 Å². The second kappa shape index (κ2) is 14.9. The number of rotatable bonds is 13. The van der Waals surface area contributed by atoms with Crippen LogP contribution in [0.4, 0.5) is 11.4 Å². The zero-order valence-electron chi connectivity index (χ0n) is 24.0. The van der Waals surface area contributed by atoms with Crippen LogP contribution >= 0.6 is 12.2 Å². The maximum absolute atomic E-state index is 13.1. The summed E-state index contributed by atoms with van der Waals surface area (Å²) in [4.78, 5) is 27.3. The third-order valence-corrected chi connectivity index (χ3v) is 7.58. The lowest BCUT2D eigenvalue weighted by molar-refractivity contribution is -0.137. The van der Waals surface area contributed by atoms with E-state index in [1.807, 2.05) is 72.6 Å². The van der Waals surface area contributed by atoms with E-state index in [1.54, 1.807) is 36.4 Å². The van der Waals surface area contributed by atoms with Gasteiger partial charge in [-0.2, -0.15) is 0 Å². The van der Waals surface area contributed by atoms with E-state index < -0.39 is 12.0 Å². The Hall–Kier alpha value is -4.49. The average Bonchev–Trinajstić information content (AvgIpc) is 3.03. The van der Waals surface area contributed by atoms with Crippen LogP contribution in [-0.4, -0.2) is 41.6 Å². The van der Waals surface area contributed by atoms with Gasteiger partial charge in [-0.15, -0.1) is 0 Å². The topological polar surface area (TPSA) is 81.7 Å². The number of carbonyl (C=O) groups is 2. The highest BCUT2D eigenvalue weighted by Gasteiger charge is 2.21. The largest absolute Gasteiger partial charge is 0.480 e. The number of hydrogen-bond acceptors (Lipinski definition) is 4. The van der Waals surface area contributed by atoms with Crippen LogP contribution in [0.2, 0.25) is 0 Å². The summed E-state index contributed by atoms with van der Waals surface area (Å²) in [5, 5.41) is 17.1. The Morgan fingerprint density at radius 2 is 1.57 bits per heavy atom. The minimum atomic E-state index is -0.990. The average molecular weight is 580 g/mol.